The quantitative estimate of drug-likeness (QED) is 0.517. The summed E-state index contributed by atoms with van der Waals surface area (Å²) in [5.41, 5.74) is 5.73. The maximum Gasteiger partial charge on any atom is 0.243 e. The van der Waals surface area contributed by atoms with Crippen LogP contribution in [-0.4, -0.2) is 53.7 Å². The summed E-state index contributed by atoms with van der Waals surface area (Å²) in [6.07, 6.45) is 0. The molecule has 9 heteroatoms. The first kappa shape index (κ1) is 18.3. The van der Waals surface area contributed by atoms with Crippen LogP contribution >= 0.6 is 15.9 Å². The second kappa shape index (κ2) is 8.04. The Bertz CT molecular complexity index is 581. The molecule has 3 N–H and O–H groups in total. The van der Waals surface area contributed by atoms with Gasteiger partial charge in [-0.25, -0.2) is 17.5 Å². The molecule has 120 valence electrons. The minimum Gasteiger partial charge on any atom is -0.398 e. The Balaban J connectivity index is 2.56. The number of rotatable bonds is 8. The van der Waals surface area contributed by atoms with Gasteiger partial charge in [-0.1, -0.05) is 0 Å². The summed E-state index contributed by atoms with van der Waals surface area (Å²) in [5, 5.41) is 0. The lowest BCUT2D eigenvalue weighted by Gasteiger charge is -2.11. The van der Waals surface area contributed by atoms with Crippen LogP contribution in [0.3, 0.4) is 0 Å². The Morgan fingerprint density at radius 2 is 2.05 bits per heavy atom. The average molecular weight is 384 g/mol. The molecule has 0 spiro atoms. The molecule has 0 unspecified atom stereocenters. The average Bonchev–Trinajstić information content (AvgIpc) is 2.37. The van der Waals surface area contributed by atoms with Gasteiger partial charge in [0.1, 0.15) is 10.7 Å². The number of benzene rings is 1. The van der Waals surface area contributed by atoms with E-state index < -0.39 is 20.7 Å². The molecule has 0 radical (unpaired) electrons. The van der Waals surface area contributed by atoms with Crippen LogP contribution in [0.5, 0.6) is 0 Å². The lowest BCUT2D eigenvalue weighted by molar-refractivity contribution is 0.122. The predicted octanol–water partition coefficient (Wildman–Crippen LogP) is 1.03. The number of ether oxygens (including phenoxy) is 1. The van der Waals surface area contributed by atoms with Gasteiger partial charge in [0.25, 0.3) is 0 Å². The van der Waals surface area contributed by atoms with Crippen LogP contribution < -0.4 is 10.5 Å². The Hall–Kier alpha value is -0.740. The van der Waals surface area contributed by atoms with E-state index in [1.54, 1.807) is 0 Å². The van der Waals surface area contributed by atoms with E-state index in [2.05, 4.69) is 20.7 Å². The number of nitrogens with zero attached hydrogens (tertiary/aromatic N) is 1. The van der Waals surface area contributed by atoms with E-state index in [-0.39, 0.29) is 18.8 Å². The normalized spacial score (nSPS) is 12.0. The maximum absolute atomic E-state index is 13.7. The molecular formula is C12H19BrFN3O3S. The van der Waals surface area contributed by atoms with Crippen molar-refractivity contribution in [2.45, 2.75) is 4.90 Å². The molecule has 0 saturated heterocycles. The third kappa shape index (κ3) is 5.87. The Kier molecular flexibility index (Phi) is 7.01. The highest BCUT2D eigenvalue weighted by Crippen LogP contribution is 2.25. The number of anilines is 1. The third-order valence-electron chi connectivity index (χ3n) is 2.56. The minimum atomic E-state index is -3.95. The van der Waals surface area contributed by atoms with E-state index in [0.717, 1.165) is 18.7 Å². The summed E-state index contributed by atoms with van der Waals surface area (Å²) in [5.74, 6) is -0.864. The topological polar surface area (TPSA) is 84.7 Å². The fraction of sp³-hybridized carbons (Fsp3) is 0.500. The number of sulfonamides is 1. The highest BCUT2D eigenvalue weighted by atomic mass is 79.9. The first-order chi connectivity index (χ1) is 9.74. The zero-order chi connectivity index (χ0) is 16.0. The molecule has 0 aliphatic heterocycles. The van der Waals surface area contributed by atoms with Crippen LogP contribution in [0.1, 0.15) is 0 Å². The Labute approximate surface area is 132 Å². The van der Waals surface area contributed by atoms with Gasteiger partial charge < -0.3 is 15.4 Å². The van der Waals surface area contributed by atoms with Crippen LogP contribution in [0.25, 0.3) is 0 Å². The molecular weight excluding hydrogens is 365 g/mol. The van der Waals surface area contributed by atoms with E-state index in [1.807, 2.05) is 19.0 Å². The van der Waals surface area contributed by atoms with Crippen LogP contribution in [-0.2, 0) is 14.8 Å². The van der Waals surface area contributed by atoms with Gasteiger partial charge in [0.05, 0.1) is 13.2 Å². The summed E-state index contributed by atoms with van der Waals surface area (Å²) >= 11 is 3.04. The molecule has 1 aromatic carbocycles. The lowest BCUT2D eigenvalue weighted by Crippen LogP contribution is -2.29. The van der Waals surface area contributed by atoms with Crippen LogP contribution in [0, 0.1) is 5.82 Å². The highest BCUT2D eigenvalue weighted by Gasteiger charge is 2.20. The maximum atomic E-state index is 13.7. The third-order valence-corrected chi connectivity index (χ3v) is 4.72. The van der Waals surface area contributed by atoms with Gasteiger partial charge in [0.2, 0.25) is 10.0 Å². The standard InChI is InChI=1S/C12H19BrFN3O3S/c1-17(2)4-6-20-5-3-16-21(18,19)12-8-11(15)9(13)7-10(12)14/h7-8,16H,3-6,15H2,1-2H3. The molecule has 0 aliphatic carbocycles. The number of hydrogen-bond acceptors (Lipinski definition) is 5. The van der Waals surface area contributed by atoms with E-state index in [0.29, 0.717) is 11.1 Å². The molecule has 0 saturated carbocycles. The monoisotopic (exact) mass is 383 g/mol. The van der Waals surface area contributed by atoms with Gasteiger partial charge in [-0.2, -0.15) is 0 Å². The Morgan fingerprint density at radius 1 is 1.38 bits per heavy atom. The number of nitrogens with one attached hydrogen (secondary N) is 1. The zero-order valence-electron chi connectivity index (χ0n) is 11.9. The van der Waals surface area contributed by atoms with Crippen molar-refractivity contribution in [3.8, 4) is 0 Å². The molecule has 0 atom stereocenters. The van der Waals surface area contributed by atoms with E-state index in [9.17, 15) is 12.8 Å². The van der Waals surface area contributed by atoms with Crippen molar-refractivity contribution >= 4 is 31.6 Å². The SMILES string of the molecule is CN(C)CCOCCNS(=O)(=O)c1cc(N)c(Br)cc1F. The van der Waals surface area contributed by atoms with Crippen molar-refractivity contribution in [2.75, 3.05) is 46.1 Å². The van der Waals surface area contributed by atoms with Gasteiger partial charge in [0, 0.05) is 23.2 Å². The van der Waals surface area contributed by atoms with Crippen molar-refractivity contribution < 1.29 is 17.5 Å². The van der Waals surface area contributed by atoms with Crippen molar-refractivity contribution in [2.24, 2.45) is 0 Å². The Morgan fingerprint density at radius 3 is 2.67 bits per heavy atom. The second-order valence-electron chi connectivity index (χ2n) is 4.62. The highest BCUT2D eigenvalue weighted by molar-refractivity contribution is 9.10. The van der Waals surface area contributed by atoms with Gasteiger partial charge in [0.15, 0.2) is 0 Å². The van der Waals surface area contributed by atoms with Crippen LogP contribution in [0.2, 0.25) is 0 Å². The minimum absolute atomic E-state index is 0.0607. The fourth-order valence-corrected chi connectivity index (χ4v) is 2.85. The number of nitrogen functional groups attached to an aromatic ring is 1. The largest absolute Gasteiger partial charge is 0.398 e. The predicted molar refractivity (Wildman–Crippen MR) is 83.1 cm³/mol. The molecule has 0 aromatic heterocycles. The summed E-state index contributed by atoms with van der Waals surface area (Å²) in [7, 11) is -0.131. The van der Waals surface area contributed by atoms with E-state index in [4.69, 9.17) is 10.5 Å². The van der Waals surface area contributed by atoms with Gasteiger partial charge in [-0.3, -0.25) is 0 Å². The van der Waals surface area contributed by atoms with Crippen molar-refractivity contribution in [3.63, 3.8) is 0 Å². The number of halogens is 2. The molecule has 21 heavy (non-hydrogen) atoms. The van der Waals surface area contributed by atoms with Gasteiger partial charge >= 0.3 is 0 Å². The number of likely N-dealkylation sites (N-methyl/N-ethyl adjacent to an activating group) is 1. The summed E-state index contributed by atoms with van der Waals surface area (Å²) < 4.78 is 45.5. The lowest BCUT2D eigenvalue weighted by atomic mass is 10.3. The van der Waals surface area contributed by atoms with Gasteiger partial charge in [-0.05, 0) is 42.2 Å². The van der Waals surface area contributed by atoms with Crippen LogP contribution in [0.15, 0.2) is 21.5 Å². The molecule has 0 heterocycles. The molecule has 1 aromatic rings. The van der Waals surface area contributed by atoms with Crippen molar-refractivity contribution in [3.05, 3.63) is 22.4 Å². The number of hydrogen-bond donors (Lipinski definition) is 2. The van der Waals surface area contributed by atoms with E-state index in [1.165, 1.54) is 0 Å². The fourth-order valence-electron chi connectivity index (χ4n) is 1.43. The number of nitrogens with two attached hydrogens (primary N) is 1. The summed E-state index contributed by atoms with van der Waals surface area (Å²) in [4.78, 5) is 1.47. The zero-order valence-corrected chi connectivity index (χ0v) is 14.3. The molecule has 1 rings (SSSR count). The molecule has 0 bridgehead atoms. The van der Waals surface area contributed by atoms with Crippen molar-refractivity contribution in [1.82, 2.24) is 9.62 Å². The second-order valence-corrected chi connectivity index (χ2v) is 7.21. The molecule has 6 nitrogen and oxygen atoms in total. The smallest absolute Gasteiger partial charge is 0.243 e. The molecule has 0 amide bonds. The molecule has 0 fully saturated rings. The van der Waals surface area contributed by atoms with Crippen molar-refractivity contribution in [1.29, 1.82) is 0 Å². The summed E-state index contributed by atoms with van der Waals surface area (Å²) in [6.45, 7) is 1.50. The van der Waals surface area contributed by atoms with E-state index >= 15 is 0 Å². The first-order valence-corrected chi connectivity index (χ1v) is 8.48. The first-order valence-electron chi connectivity index (χ1n) is 6.20. The van der Waals surface area contributed by atoms with Gasteiger partial charge in [-0.15, -0.1) is 0 Å². The summed E-state index contributed by atoms with van der Waals surface area (Å²) in [6, 6.07) is 2.10. The molecule has 0 aliphatic rings. The van der Waals surface area contributed by atoms with Crippen LogP contribution in [0.4, 0.5) is 10.1 Å².